The predicted molar refractivity (Wildman–Crippen MR) is 52.9 cm³/mol. The summed E-state index contributed by atoms with van der Waals surface area (Å²) >= 11 is 0. The molecule has 1 nitrogen and oxygen atoms in total. The SMILES string of the molecule is C[C@@H]1CCc2ccccc2C(=O)C1. The second-order valence-corrected chi connectivity index (χ2v) is 3.93. The van der Waals surface area contributed by atoms with E-state index < -0.39 is 0 Å². The fraction of sp³-hybridized carbons (Fsp3) is 0.417. The number of carbonyl (C=O) groups is 1. The van der Waals surface area contributed by atoms with E-state index in [-0.39, 0.29) is 0 Å². The molecule has 0 amide bonds. The van der Waals surface area contributed by atoms with E-state index >= 15 is 0 Å². The van der Waals surface area contributed by atoms with Gasteiger partial charge in [-0.1, -0.05) is 31.2 Å². The van der Waals surface area contributed by atoms with Crippen molar-refractivity contribution in [2.24, 2.45) is 5.92 Å². The fourth-order valence-electron chi connectivity index (χ4n) is 1.94. The maximum Gasteiger partial charge on any atom is 0.163 e. The molecule has 2 rings (SSSR count). The van der Waals surface area contributed by atoms with E-state index in [0.29, 0.717) is 11.7 Å². The van der Waals surface area contributed by atoms with Crippen LogP contribution < -0.4 is 0 Å². The summed E-state index contributed by atoms with van der Waals surface area (Å²) in [5.74, 6) is 0.862. The van der Waals surface area contributed by atoms with Crippen LogP contribution in [-0.2, 0) is 6.42 Å². The number of benzene rings is 1. The Labute approximate surface area is 78.8 Å². The van der Waals surface area contributed by atoms with Crippen molar-refractivity contribution < 1.29 is 4.79 Å². The lowest BCUT2D eigenvalue weighted by molar-refractivity contribution is 0.0967. The third kappa shape index (κ3) is 1.64. The highest BCUT2D eigenvalue weighted by Gasteiger charge is 2.18. The van der Waals surface area contributed by atoms with Gasteiger partial charge in [0.15, 0.2) is 5.78 Å². The number of hydrogen-bond donors (Lipinski definition) is 0. The monoisotopic (exact) mass is 174 g/mol. The second kappa shape index (κ2) is 3.33. The number of carbonyl (C=O) groups excluding carboxylic acids is 1. The molecule has 0 fully saturated rings. The molecule has 0 saturated heterocycles. The Morgan fingerprint density at radius 1 is 1.31 bits per heavy atom. The topological polar surface area (TPSA) is 17.1 Å². The van der Waals surface area contributed by atoms with Gasteiger partial charge in [0, 0.05) is 12.0 Å². The van der Waals surface area contributed by atoms with Crippen LogP contribution in [0.25, 0.3) is 0 Å². The first-order valence-corrected chi connectivity index (χ1v) is 4.88. The van der Waals surface area contributed by atoms with Crippen LogP contribution in [0.15, 0.2) is 24.3 Å². The third-order valence-electron chi connectivity index (χ3n) is 2.76. The minimum atomic E-state index is 0.320. The molecule has 13 heavy (non-hydrogen) atoms. The van der Waals surface area contributed by atoms with Crippen molar-refractivity contribution in [3.63, 3.8) is 0 Å². The first kappa shape index (κ1) is 8.49. The van der Waals surface area contributed by atoms with Gasteiger partial charge in [-0.15, -0.1) is 0 Å². The largest absolute Gasteiger partial charge is 0.294 e. The summed E-state index contributed by atoms with van der Waals surface area (Å²) in [6.45, 7) is 2.16. The Bertz CT molecular complexity index is 328. The predicted octanol–water partition coefficient (Wildman–Crippen LogP) is 2.84. The highest BCUT2D eigenvalue weighted by molar-refractivity contribution is 5.97. The minimum absolute atomic E-state index is 0.320. The molecule has 0 unspecified atom stereocenters. The lowest BCUT2D eigenvalue weighted by Crippen LogP contribution is -2.02. The molecule has 0 aromatic heterocycles. The van der Waals surface area contributed by atoms with Gasteiger partial charge in [-0.3, -0.25) is 4.79 Å². The fourth-order valence-corrected chi connectivity index (χ4v) is 1.94. The zero-order chi connectivity index (χ0) is 9.26. The first-order valence-electron chi connectivity index (χ1n) is 4.88. The number of hydrogen-bond acceptors (Lipinski definition) is 1. The molecule has 0 N–H and O–H groups in total. The Kier molecular flexibility index (Phi) is 2.17. The molecule has 1 aromatic rings. The number of rotatable bonds is 0. The number of fused-ring (bicyclic) bond motifs is 1. The second-order valence-electron chi connectivity index (χ2n) is 3.93. The number of aryl methyl sites for hydroxylation is 1. The minimum Gasteiger partial charge on any atom is -0.294 e. The first-order chi connectivity index (χ1) is 6.27. The van der Waals surface area contributed by atoms with Crippen molar-refractivity contribution in [3.05, 3.63) is 35.4 Å². The lowest BCUT2D eigenvalue weighted by atomic mass is 10.0. The zero-order valence-corrected chi connectivity index (χ0v) is 7.92. The van der Waals surface area contributed by atoms with E-state index in [1.807, 2.05) is 18.2 Å². The average Bonchev–Trinajstić information content (AvgIpc) is 2.27. The third-order valence-corrected chi connectivity index (χ3v) is 2.76. The van der Waals surface area contributed by atoms with Crippen LogP contribution in [0.2, 0.25) is 0 Å². The molecule has 68 valence electrons. The van der Waals surface area contributed by atoms with Crippen LogP contribution in [0.1, 0.15) is 35.7 Å². The van der Waals surface area contributed by atoms with E-state index in [9.17, 15) is 4.79 Å². The molecule has 1 aliphatic carbocycles. The molecule has 0 heterocycles. The van der Waals surface area contributed by atoms with Crippen molar-refractivity contribution in [1.29, 1.82) is 0 Å². The normalized spacial score (nSPS) is 22.2. The number of ketones is 1. The zero-order valence-electron chi connectivity index (χ0n) is 7.92. The van der Waals surface area contributed by atoms with Crippen molar-refractivity contribution in [3.8, 4) is 0 Å². The van der Waals surface area contributed by atoms with Gasteiger partial charge in [0.25, 0.3) is 0 Å². The molecule has 0 aliphatic heterocycles. The summed E-state index contributed by atoms with van der Waals surface area (Å²) in [7, 11) is 0. The highest BCUT2D eigenvalue weighted by Crippen LogP contribution is 2.23. The quantitative estimate of drug-likeness (QED) is 0.553. The van der Waals surface area contributed by atoms with Gasteiger partial charge >= 0.3 is 0 Å². The maximum atomic E-state index is 11.7. The van der Waals surface area contributed by atoms with E-state index in [4.69, 9.17) is 0 Å². The summed E-state index contributed by atoms with van der Waals surface area (Å²) < 4.78 is 0. The lowest BCUT2D eigenvalue weighted by Gasteiger charge is -2.02. The van der Waals surface area contributed by atoms with E-state index in [1.54, 1.807) is 0 Å². The van der Waals surface area contributed by atoms with Crippen molar-refractivity contribution in [2.45, 2.75) is 26.2 Å². The molecule has 1 heteroatoms. The Balaban J connectivity index is 2.40. The molecule has 0 spiro atoms. The maximum absolute atomic E-state index is 11.7. The van der Waals surface area contributed by atoms with Gasteiger partial charge in [-0.25, -0.2) is 0 Å². The summed E-state index contributed by atoms with van der Waals surface area (Å²) in [4.78, 5) is 11.7. The molecule has 1 aromatic carbocycles. The van der Waals surface area contributed by atoms with Crippen molar-refractivity contribution in [1.82, 2.24) is 0 Å². The smallest absolute Gasteiger partial charge is 0.163 e. The van der Waals surface area contributed by atoms with E-state index in [0.717, 1.165) is 24.8 Å². The molecule has 0 bridgehead atoms. The highest BCUT2D eigenvalue weighted by atomic mass is 16.1. The number of Topliss-reactive ketones (excluding diaryl/α,β-unsaturated/α-hetero) is 1. The van der Waals surface area contributed by atoms with Crippen molar-refractivity contribution >= 4 is 5.78 Å². The van der Waals surface area contributed by atoms with Crippen LogP contribution in [-0.4, -0.2) is 5.78 Å². The summed E-state index contributed by atoms with van der Waals surface area (Å²) in [6.07, 6.45) is 2.92. The van der Waals surface area contributed by atoms with Crippen LogP contribution in [0.4, 0.5) is 0 Å². The molecule has 0 saturated carbocycles. The van der Waals surface area contributed by atoms with Gasteiger partial charge in [0.1, 0.15) is 0 Å². The molecule has 1 atom stereocenters. The van der Waals surface area contributed by atoms with Gasteiger partial charge < -0.3 is 0 Å². The summed E-state index contributed by atoms with van der Waals surface area (Å²) in [6, 6.07) is 8.00. The Hall–Kier alpha value is -1.11. The van der Waals surface area contributed by atoms with E-state index in [1.165, 1.54) is 5.56 Å². The Morgan fingerprint density at radius 2 is 2.08 bits per heavy atom. The molecule has 0 radical (unpaired) electrons. The van der Waals surface area contributed by atoms with Crippen LogP contribution in [0, 0.1) is 5.92 Å². The van der Waals surface area contributed by atoms with Gasteiger partial charge in [0.05, 0.1) is 0 Å². The average molecular weight is 174 g/mol. The summed E-state index contributed by atoms with van der Waals surface area (Å²) in [5, 5.41) is 0. The van der Waals surface area contributed by atoms with Crippen molar-refractivity contribution in [2.75, 3.05) is 0 Å². The summed E-state index contributed by atoms with van der Waals surface area (Å²) in [5.41, 5.74) is 2.18. The molecular weight excluding hydrogens is 160 g/mol. The Morgan fingerprint density at radius 3 is 2.92 bits per heavy atom. The van der Waals surface area contributed by atoms with E-state index in [2.05, 4.69) is 13.0 Å². The van der Waals surface area contributed by atoms with Crippen LogP contribution in [0.5, 0.6) is 0 Å². The van der Waals surface area contributed by atoms with Crippen LogP contribution in [0.3, 0.4) is 0 Å². The van der Waals surface area contributed by atoms with Gasteiger partial charge in [-0.2, -0.15) is 0 Å². The standard InChI is InChI=1S/C12H14O/c1-9-6-7-10-4-2-3-5-11(10)12(13)8-9/h2-5,9H,6-8H2,1H3/t9-/m1/s1. The van der Waals surface area contributed by atoms with Crippen LogP contribution >= 0.6 is 0 Å². The van der Waals surface area contributed by atoms with Gasteiger partial charge in [0.2, 0.25) is 0 Å². The van der Waals surface area contributed by atoms with Gasteiger partial charge in [-0.05, 0) is 24.3 Å². The molecular formula is C12H14O. The molecule has 1 aliphatic rings.